The molecule has 0 unspecified atom stereocenters. The summed E-state index contributed by atoms with van der Waals surface area (Å²) in [6.45, 7) is 20.3. The molecular formula is C23H41N3. The van der Waals surface area contributed by atoms with Crippen LogP contribution in [0.3, 0.4) is 0 Å². The SMILES string of the molecule is CC.CC.CC.CCC.Cc1ncc(-c2ccc(C)c3cnccc23)[nH]1.[HH]. The van der Waals surface area contributed by atoms with E-state index < -0.39 is 0 Å². The summed E-state index contributed by atoms with van der Waals surface area (Å²) in [7, 11) is 0. The van der Waals surface area contributed by atoms with Crippen molar-refractivity contribution >= 4 is 10.8 Å². The second-order valence-corrected chi connectivity index (χ2v) is 4.94. The van der Waals surface area contributed by atoms with Crippen molar-refractivity contribution in [2.75, 3.05) is 0 Å². The molecule has 3 heteroatoms. The van der Waals surface area contributed by atoms with Crippen LogP contribution in [0.2, 0.25) is 0 Å². The normalized spacial score (nSPS) is 8.54. The Balaban J connectivity index is -0.000000505. The Bertz CT molecular complexity index is 706. The van der Waals surface area contributed by atoms with Gasteiger partial charge in [0.2, 0.25) is 0 Å². The maximum Gasteiger partial charge on any atom is 0.103 e. The number of aromatic amines is 1. The molecule has 0 saturated heterocycles. The van der Waals surface area contributed by atoms with E-state index in [1.54, 1.807) is 0 Å². The largest absolute Gasteiger partial charge is 0.342 e. The van der Waals surface area contributed by atoms with Crippen LogP contribution in [-0.4, -0.2) is 15.0 Å². The summed E-state index contributed by atoms with van der Waals surface area (Å²) >= 11 is 0. The van der Waals surface area contributed by atoms with E-state index in [1.807, 2.05) is 73.1 Å². The van der Waals surface area contributed by atoms with Crippen LogP contribution < -0.4 is 0 Å². The maximum atomic E-state index is 4.25. The van der Waals surface area contributed by atoms with Crippen molar-refractivity contribution in [2.24, 2.45) is 0 Å². The summed E-state index contributed by atoms with van der Waals surface area (Å²) in [5, 5.41) is 2.40. The molecule has 0 saturated carbocycles. The van der Waals surface area contributed by atoms with E-state index in [2.05, 4.69) is 47.9 Å². The van der Waals surface area contributed by atoms with Gasteiger partial charge in [0.05, 0.1) is 11.9 Å². The molecule has 1 N–H and O–H groups in total. The monoisotopic (exact) mass is 359 g/mol. The molecule has 1 aromatic carbocycles. The number of nitrogens with zero attached hydrogens (tertiary/aromatic N) is 2. The zero-order chi connectivity index (χ0) is 20.5. The summed E-state index contributed by atoms with van der Waals surface area (Å²) < 4.78 is 0. The van der Waals surface area contributed by atoms with Gasteiger partial charge in [0.25, 0.3) is 0 Å². The predicted octanol–water partition coefficient (Wildman–Crippen LogP) is 7.98. The molecule has 0 bridgehead atoms. The van der Waals surface area contributed by atoms with Crippen LogP contribution in [-0.2, 0) is 0 Å². The van der Waals surface area contributed by atoms with Gasteiger partial charge in [-0.05, 0) is 30.9 Å². The molecule has 3 aromatic rings. The van der Waals surface area contributed by atoms with Crippen LogP contribution in [0, 0.1) is 13.8 Å². The van der Waals surface area contributed by atoms with Crippen LogP contribution in [0.1, 0.15) is 74.6 Å². The first-order valence-electron chi connectivity index (χ1n) is 10.0. The number of nitrogens with one attached hydrogen (secondary N) is 1. The number of fused-ring (bicyclic) bond motifs is 1. The molecule has 3 nitrogen and oxygen atoms in total. The number of pyridine rings is 1. The topological polar surface area (TPSA) is 41.6 Å². The van der Waals surface area contributed by atoms with E-state index in [4.69, 9.17) is 0 Å². The third kappa shape index (κ3) is 7.81. The number of aryl methyl sites for hydroxylation is 2. The van der Waals surface area contributed by atoms with Crippen LogP contribution in [0.5, 0.6) is 0 Å². The van der Waals surface area contributed by atoms with E-state index in [-0.39, 0.29) is 1.43 Å². The summed E-state index contributed by atoms with van der Waals surface area (Å²) in [4.78, 5) is 11.7. The van der Waals surface area contributed by atoms with Gasteiger partial charge in [0, 0.05) is 24.8 Å². The average molecular weight is 360 g/mol. The number of imidazole rings is 1. The summed E-state index contributed by atoms with van der Waals surface area (Å²) in [5.74, 6) is 0.933. The first-order chi connectivity index (χ1) is 12.7. The van der Waals surface area contributed by atoms with E-state index in [0.717, 1.165) is 11.5 Å². The van der Waals surface area contributed by atoms with Gasteiger partial charge in [-0.2, -0.15) is 0 Å². The molecule has 0 aliphatic rings. The lowest BCUT2D eigenvalue weighted by atomic mass is 10.0. The van der Waals surface area contributed by atoms with Crippen molar-refractivity contribution < 1.29 is 1.43 Å². The van der Waals surface area contributed by atoms with E-state index in [0.29, 0.717) is 0 Å². The Labute approximate surface area is 162 Å². The molecule has 0 aliphatic heterocycles. The van der Waals surface area contributed by atoms with Gasteiger partial charge in [-0.25, -0.2) is 4.98 Å². The Hall–Kier alpha value is -2.16. The fraction of sp³-hybridized carbons (Fsp3) is 0.478. The molecule has 0 spiro atoms. The Morgan fingerprint density at radius 3 is 1.92 bits per heavy atom. The maximum absolute atomic E-state index is 4.25. The lowest BCUT2D eigenvalue weighted by molar-refractivity contribution is 1.09. The quantitative estimate of drug-likeness (QED) is 0.478. The van der Waals surface area contributed by atoms with Gasteiger partial charge >= 0.3 is 0 Å². The molecule has 26 heavy (non-hydrogen) atoms. The zero-order valence-electron chi connectivity index (χ0n) is 18.6. The fourth-order valence-electron chi connectivity index (χ4n) is 2.12. The van der Waals surface area contributed by atoms with Crippen molar-refractivity contribution in [3.05, 3.63) is 48.2 Å². The first-order valence-corrected chi connectivity index (χ1v) is 10.0. The second kappa shape index (κ2) is 16.3. The van der Waals surface area contributed by atoms with Crippen molar-refractivity contribution in [3.8, 4) is 11.3 Å². The molecule has 2 aromatic heterocycles. The molecule has 0 fully saturated rings. The summed E-state index contributed by atoms with van der Waals surface area (Å²) in [6.07, 6.45) is 6.87. The standard InChI is InChI=1S/C14H13N3.C3H8.3C2H6.H2/c1-9-3-4-12(14-8-16-10(2)17-14)11-5-6-15-7-13(9)11;1-3-2;3*1-2;/h3-8H,1-2H3,(H,16,17);3H2,1-2H3;3*1-2H3;1H. The minimum absolute atomic E-state index is 0. The van der Waals surface area contributed by atoms with Gasteiger partial charge in [-0.15, -0.1) is 0 Å². The lowest BCUT2D eigenvalue weighted by Crippen LogP contribution is -1.85. The van der Waals surface area contributed by atoms with Crippen molar-refractivity contribution in [3.63, 3.8) is 0 Å². The first kappa shape index (κ1) is 26.1. The summed E-state index contributed by atoms with van der Waals surface area (Å²) in [5.41, 5.74) is 3.47. The van der Waals surface area contributed by atoms with Gasteiger partial charge in [-0.3, -0.25) is 4.98 Å². The van der Waals surface area contributed by atoms with E-state index >= 15 is 0 Å². The number of benzene rings is 1. The number of hydrogen-bond donors (Lipinski definition) is 1. The Kier molecular flexibility index (Phi) is 16.4. The van der Waals surface area contributed by atoms with Crippen LogP contribution in [0.15, 0.2) is 36.8 Å². The van der Waals surface area contributed by atoms with Crippen LogP contribution in [0.25, 0.3) is 22.0 Å². The van der Waals surface area contributed by atoms with Crippen LogP contribution in [0.4, 0.5) is 0 Å². The third-order valence-corrected chi connectivity index (χ3v) is 3.03. The lowest BCUT2D eigenvalue weighted by Gasteiger charge is -2.06. The van der Waals surface area contributed by atoms with Gasteiger partial charge in [-0.1, -0.05) is 73.9 Å². The molecule has 0 amide bonds. The highest BCUT2D eigenvalue weighted by molar-refractivity contribution is 5.97. The van der Waals surface area contributed by atoms with Gasteiger partial charge < -0.3 is 4.98 Å². The summed E-state index contributed by atoms with van der Waals surface area (Å²) in [6, 6.07) is 6.30. The highest BCUT2D eigenvalue weighted by Gasteiger charge is 2.07. The molecule has 148 valence electrons. The van der Waals surface area contributed by atoms with E-state index in [1.165, 1.54) is 28.3 Å². The van der Waals surface area contributed by atoms with Crippen molar-refractivity contribution in [1.29, 1.82) is 0 Å². The van der Waals surface area contributed by atoms with E-state index in [9.17, 15) is 0 Å². The Morgan fingerprint density at radius 1 is 0.846 bits per heavy atom. The van der Waals surface area contributed by atoms with Crippen LogP contribution >= 0.6 is 0 Å². The van der Waals surface area contributed by atoms with Crippen molar-refractivity contribution in [1.82, 2.24) is 15.0 Å². The predicted molar refractivity (Wildman–Crippen MR) is 121 cm³/mol. The zero-order valence-corrected chi connectivity index (χ0v) is 18.6. The molecular weight excluding hydrogens is 318 g/mol. The highest BCUT2D eigenvalue weighted by Crippen LogP contribution is 2.28. The molecule has 0 aliphatic carbocycles. The molecule has 3 rings (SSSR count). The number of hydrogen-bond acceptors (Lipinski definition) is 2. The van der Waals surface area contributed by atoms with Crippen molar-refractivity contribution in [2.45, 2.75) is 75.7 Å². The fourth-order valence-corrected chi connectivity index (χ4v) is 2.12. The average Bonchev–Trinajstić information content (AvgIpc) is 3.14. The molecule has 0 atom stereocenters. The molecule has 0 radical (unpaired) electrons. The highest BCUT2D eigenvalue weighted by atomic mass is 14.9. The minimum atomic E-state index is 0. The number of rotatable bonds is 1. The number of H-pyrrole nitrogens is 1. The smallest absolute Gasteiger partial charge is 0.103 e. The Morgan fingerprint density at radius 2 is 1.42 bits per heavy atom. The third-order valence-electron chi connectivity index (χ3n) is 3.03. The van der Waals surface area contributed by atoms with Gasteiger partial charge in [0.15, 0.2) is 0 Å². The second-order valence-electron chi connectivity index (χ2n) is 4.94. The molecule has 2 heterocycles. The number of aromatic nitrogens is 3. The van der Waals surface area contributed by atoms with Gasteiger partial charge in [0.1, 0.15) is 5.82 Å². The minimum Gasteiger partial charge on any atom is -0.342 e.